The molecule has 146 valence electrons. The monoisotopic (exact) mass is 385 g/mol. The quantitative estimate of drug-likeness (QED) is 0.598. The Kier molecular flexibility index (Phi) is 6.52. The van der Waals surface area contributed by atoms with Gasteiger partial charge < -0.3 is 14.8 Å². The van der Waals surface area contributed by atoms with Gasteiger partial charge in [0.2, 0.25) is 0 Å². The number of hydrogen-bond acceptors (Lipinski definition) is 6. The lowest BCUT2D eigenvalue weighted by Gasteiger charge is -2.29. The molecule has 0 aliphatic heterocycles. The SMILES string of the molecule is CC(C)(C)OC(=O)NC1CCCc2c(OCCOS(C)(=O)=O)cccc21. The fourth-order valence-electron chi connectivity index (χ4n) is 2.89. The lowest BCUT2D eigenvalue weighted by atomic mass is 9.87. The van der Waals surface area contributed by atoms with Crippen molar-refractivity contribution < 1.29 is 26.9 Å². The second kappa shape index (κ2) is 8.26. The molecular weight excluding hydrogens is 358 g/mol. The van der Waals surface area contributed by atoms with Gasteiger partial charge in [0.1, 0.15) is 24.6 Å². The van der Waals surface area contributed by atoms with Crippen LogP contribution in [0.4, 0.5) is 4.79 Å². The van der Waals surface area contributed by atoms with E-state index in [2.05, 4.69) is 9.50 Å². The highest BCUT2D eigenvalue weighted by Gasteiger charge is 2.26. The summed E-state index contributed by atoms with van der Waals surface area (Å²) < 4.78 is 37.7. The van der Waals surface area contributed by atoms with Crippen LogP contribution in [0.3, 0.4) is 0 Å². The van der Waals surface area contributed by atoms with E-state index in [0.717, 1.165) is 36.6 Å². The molecule has 0 radical (unpaired) electrons. The number of hydrogen-bond donors (Lipinski definition) is 1. The van der Waals surface area contributed by atoms with Crippen LogP contribution in [0.25, 0.3) is 0 Å². The van der Waals surface area contributed by atoms with Crippen molar-refractivity contribution in [3.05, 3.63) is 29.3 Å². The van der Waals surface area contributed by atoms with Crippen molar-refractivity contribution in [2.45, 2.75) is 51.7 Å². The van der Waals surface area contributed by atoms with Gasteiger partial charge in [0.05, 0.1) is 12.3 Å². The van der Waals surface area contributed by atoms with Crippen molar-refractivity contribution in [1.29, 1.82) is 0 Å². The van der Waals surface area contributed by atoms with Crippen molar-refractivity contribution in [3.63, 3.8) is 0 Å². The molecule has 1 atom stereocenters. The summed E-state index contributed by atoms with van der Waals surface area (Å²) >= 11 is 0. The van der Waals surface area contributed by atoms with E-state index in [-0.39, 0.29) is 19.3 Å². The topological polar surface area (TPSA) is 90.9 Å². The molecule has 0 aromatic heterocycles. The van der Waals surface area contributed by atoms with Crippen molar-refractivity contribution in [3.8, 4) is 5.75 Å². The van der Waals surface area contributed by atoms with Gasteiger partial charge in [-0.3, -0.25) is 4.18 Å². The molecule has 2 rings (SSSR count). The molecule has 0 saturated heterocycles. The Balaban J connectivity index is 2.04. The minimum atomic E-state index is -3.47. The second-order valence-corrected chi connectivity index (χ2v) is 8.93. The zero-order valence-electron chi connectivity index (χ0n) is 15.7. The lowest BCUT2D eigenvalue weighted by Crippen LogP contribution is -2.36. The summed E-state index contributed by atoms with van der Waals surface area (Å²) in [4.78, 5) is 12.1. The smallest absolute Gasteiger partial charge is 0.408 e. The highest BCUT2D eigenvalue weighted by Crippen LogP contribution is 2.35. The van der Waals surface area contributed by atoms with Crippen LogP contribution in [-0.4, -0.2) is 39.6 Å². The van der Waals surface area contributed by atoms with Crippen molar-refractivity contribution in [1.82, 2.24) is 5.32 Å². The van der Waals surface area contributed by atoms with Gasteiger partial charge in [-0.25, -0.2) is 4.79 Å². The summed E-state index contributed by atoms with van der Waals surface area (Å²) in [6, 6.07) is 5.54. The van der Waals surface area contributed by atoms with Crippen LogP contribution in [0, 0.1) is 0 Å². The van der Waals surface area contributed by atoms with E-state index < -0.39 is 21.8 Å². The standard InChI is InChI=1S/C18H27NO6S/c1-18(2,3)25-17(20)19-15-9-5-8-14-13(15)7-6-10-16(14)23-11-12-24-26(4,21)22/h6-7,10,15H,5,8-9,11-12H2,1-4H3,(H,19,20). The van der Waals surface area contributed by atoms with Gasteiger partial charge in [-0.15, -0.1) is 0 Å². The molecule has 26 heavy (non-hydrogen) atoms. The molecule has 1 aliphatic carbocycles. The first-order chi connectivity index (χ1) is 12.1. The average molecular weight is 385 g/mol. The molecule has 0 bridgehead atoms. The summed E-state index contributed by atoms with van der Waals surface area (Å²) in [7, 11) is -3.47. The molecule has 8 heteroatoms. The van der Waals surface area contributed by atoms with Gasteiger partial charge in [0.25, 0.3) is 10.1 Å². The van der Waals surface area contributed by atoms with E-state index in [1.54, 1.807) is 0 Å². The molecule has 1 unspecified atom stereocenters. The molecule has 1 aromatic carbocycles. The first-order valence-electron chi connectivity index (χ1n) is 8.64. The van der Waals surface area contributed by atoms with Crippen LogP contribution in [0.1, 0.15) is 50.8 Å². The number of alkyl carbamates (subject to hydrolysis) is 1. The third-order valence-electron chi connectivity index (χ3n) is 3.79. The maximum absolute atomic E-state index is 12.1. The molecule has 1 N–H and O–H groups in total. The molecule has 0 spiro atoms. The Morgan fingerprint density at radius 3 is 2.65 bits per heavy atom. The number of benzene rings is 1. The first kappa shape index (κ1) is 20.5. The normalized spacial score (nSPS) is 17.3. The van der Waals surface area contributed by atoms with Crippen LogP contribution < -0.4 is 10.1 Å². The molecule has 0 heterocycles. The highest BCUT2D eigenvalue weighted by molar-refractivity contribution is 7.85. The molecule has 7 nitrogen and oxygen atoms in total. The second-order valence-electron chi connectivity index (χ2n) is 7.29. The Labute approximate surface area is 155 Å². The fraction of sp³-hybridized carbons (Fsp3) is 0.611. The van der Waals surface area contributed by atoms with Gasteiger partial charge in [0, 0.05) is 0 Å². The summed E-state index contributed by atoms with van der Waals surface area (Å²) in [5.74, 6) is 0.690. The van der Waals surface area contributed by atoms with Crippen molar-refractivity contribution in [2.75, 3.05) is 19.5 Å². The van der Waals surface area contributed by atoms with Gasteiger partial charge in [0.15, 0.2) is 0 Å². The lowest BCUT2D eigenvalue weighted by molar-refractivity contribution is 0.0498. The number of carbonyl (C=O) groups is 1. The molecular formula is C18H27NO6S. The van der Waals surface area contributed by atoms with Crippen LogP contribution >= 0.6 is 0 Å². The Morgan fingerprint density at radius 1 is 1.27 bits per heavy atom. The van der Waals surface area contributed by atoms with Crippen LogP contribution in [0.2, 0.25) is 0 Å². The Bertz CT molecular complexity index is 739. The van der Waals surface area contributed by atoms with Crippen LogP contribution in [0.15, 0.2) is 18.2 Å². The van der Waals surface area contributed by atoms with E-state index in [0.29, 0.717) is 5.75 Å². The predicted molar refractivity (Wildman–Crippen MR) is 97.8 cm³/mol. The van der Waals surface area contributed by atoms with Gasteiger partial charge in [-0.1, -0.05) is 12.1 Å². The predicted octanol–water partition coefficient (Wildman–Crippen LogP) is 2.94. The minimum absolute atomic E-state index is 0.0396. The number of ether oxygens (including phenoxy) is 2. The maximum Gasteiger partial charge on any atom is 0.408 e. The number of rotatable bonds is 6. The molecule has 0 fully saturated rings. The fourth-order valence-corrected chi connectivity index (χ4v) is 3.26. The van der Waals surface area contributed by atoms with E-state index >= 15 is 0 Å². The van der Waals surface area contributed by atoms with Crippen LogP contribution in [0.5, 0.6) is 5.75 Å². The largest absolute Gasteiger partial charge is 0.491 e. The molecule has 1 aliphatic rings. The van der Waals surface area contributed by atoms with Crippen molar-refractivity contribution in [2.24, 2.45) is 0 Å². The number of nitrogens with one attached hydrogen (secondary N) is 1. The van der Waals surface area contributed by atoms with E-state index in [9.17, 15) is 13.2 Å². The molecule has 1 amide bonds. The van der Waals surface area contributed by atoms with Crippen LogP contribution in [-0.2, 0) is 25.5 Å². The highest BCUT2D eigenvalue weighted by atomic mass is 32.2. The number of amides is 1. The van der Waals surface area contributed by atoms with E-state index in [1.165, 1.54) is 0 Å². The molecule has 0 saturated carbocycles. The summed E-state index contributed by atoms with van der Waals surface area (Å²) in [5, 5.41) is 2.93. The van der Waals surface area contributed by atoms with Crippen molar-refractivity contribution >= 4 is 16.2 Å². The maximum atomic E-state index is 12.1. The van der Waals surface area contributed by atoms with Gasteiger partial charge >= 0.3 is 6.09 Å². The first-order valence-corrected chi connectivity index (χ1v) is 10.5. The zero-order chi connectivity index (χ0) is 19.4. The van der Waals surface area contributed by atoms with Gasteiger partial charge in [-0.2, -0.15) is 8.42 Å². The average Bonchev–Trinajstić information content (AvgIpc) is 2.49. The number of fused-ring (bicyclic) bond motifs is 1. The summed E-state index contributed by atoms with van der Waals surface area (Å²) in [6.07, 6.45) is 3.14. The van der Waals surface area contributed by atoms with E-state index in [1.807, 2.05) is 39.0 Å². The Hall–Kier alpha value is -1.80. The van der Waals surface area contributed by atoms with Gasteiger partial charge in [-0.05, 0) is 57.2 Å². The summed E-state index contributed by atoms with van der Waals surface area (Å²) in [5.41, 5.74) is 1.48. The summed E-state index contributed by atoms with van der Waals surface area (Å²) in [6.45, 7) is 5.57. The molecule has 1 aromatic rings. The minimum Gasteiger partial charge on any atom is -0.491 e. The zero-order valence-corrected chi connectivity index (χ0v) is 16.5. The third kappa shape index (κ3) is 6.49. The third-order valence-corrected chi connectivity index (χ3v) is 4.39. The Morgan fingerprint density at radius 2 is 2.00 bits per heavy atom. The number of carbonyl (C=O) groups excluding carboxylic acids is 1. The van der Waals surface area contributed by atoms with E-state index in [4.69, 9.17) is 9.47 Å².